The minimum atomic E-state index is -3.55. The lowest BCUT2D eigenvalue weighted by Crippen LogP contribution is -2.52. The normalized spacial score (nSPS) is 20.0. The monoisotopic (exact) mass is 448 g/mol. The molecule has 2 fully saturated rings. The van der Waals surface area contributed by atoms with Crippen LogP contribution in [0.1, 0.15) is 32.1 Å². The van der Waals surface area contributed by atoms with Gasteiger partial charge in [0.15, 0.2) is 0 Å². The average Bonchev–Trinajstić information content (AvgIpc) is 3.10. The van der Waals surface area contributed by atoms with Crippen LogP contribution in [-0.2, 0) is 14.8 Å². The van der Waals surface area contributed by atoms with E-state index in [1.165, 1.54) is 16.8 Å². The molecule has 3 amide bonds. The van der Waals surface area contributed by atoms with Crippen LogP contribution < -0.4 is 10.6 Å². The molecule has 1 aromatic rings. The summed E-state index contributed by atoms with van der Waals surface area (Å²) in [6, 6.07) is 2.76. The molecule has 156 valence electrons. The van der Waals surface area contributed by atoms with Crippen molar-refractivity contribution in [3.05, 3.63) is 16.5 Å². The first-order chi connectivity index (χ1) is 13.3. The van der Waals surface area contributed by atoms with Gasteiger partial charge in [-0.3, -0.25) is 15.0 Å². The molecule has 11 heteroatoms. The third-order valence-electron chi connectivity index (χ3n) is 5.03. The molecule has 0 aromatic carbocycles. The first kappa shape index (κ1) is 21.5. The predicted octanol–water partition coefficient (Wildman–Crippen LogP) is 1.87. The van der Waals surface area contributed by atoms with Crippen molar-refractivity contribution < 1.29 is 18.0 Å². The fraction of sp³-hybridized carbons (Fsp3) is 0.647. The smallest absolute Gasteiger partial charge is 0.321 e. The molecule has 1 aromatic heterocycles. The number of imide groups is 1. The maximum absolute atomic E-state index is 12.6. The number of hydrogen-bond acceptors (Lipinski definition) is 6. The highest BCUT2D eigenvalue weighted by molar-refractivity contribution is 7.91. The van der Waals surface area contributed by atoms with Crippen molar-refractivity contribution in [3.63, 3.8) is 0 Å². The van der Waals surface area contributed by atoms with Crippen LogP contribution in [0.3, 0.4) is 0 Å². The first-order valence-electron chi connectivity index (χ1n) is 9.43. The van der Waals surface area contributed by atoms with Crippen LogP contribution in [0.25, 0.3) is 0 Å². The molecule has 1 aliphatic heterocycles. The number of thiophene rings is 1. The minimum Gasteiger partial charge on any atom is -0.335 e. The molecule has 3 rings (SSSR count). The largest absolute Gasteiger partial charge is 0.335 e. The highest BCUT2D eigenvalue weighted by atomic mass is 35.5. The maximum Gasteiger partial charge on any atom is 0.321 e. The lowest BCUT2D eigenvalue weighted by Gasteiger charge is -2.33. The number of halogens is 1. The molecule has 0 radical (unpaired) electrons. The number of nitrogens with zero attached hydrogens (tertiary/aromatic N) is 2. The molecule has 8 nitrogen and oxygen atoms in total. The van der Waals surface area contributed by atoms with Gasteiger partial charge in [0.2, 0.25) is 5.91 Å². The molecule has 1 saturated carbocycles. The van der Waals surface area contributed by atoms with Gasteiger partial charge >= 0.3 is 6.03 Å². The summed E-state index contributed by atoms with van der Waals surface area (Å²) in [6.45, 7) is 1.50. The Bertz CT molecular complexity index is 800. The van der Waals surface area contributed by atoms with E-state index in [2.05, 4.69) is 10.6 Å². The Morgan fingerprint density at radius 1 is 1.11 bits per heavy atom. The zero-order chi connectivity index (χ0) is 20.1. The molecule has 0 unspecified atom stereocenters. The van der Waals surface area contributed by atoms with Gasteiger partial charge in [0.1, 0.15) is 4.21 Å². The fourth-order valence-electron chi connectivity index (χ4n) is 3.53. The van der Waals surface area contributed by atoms with E-state index >= 15 is 0 Å². The maximum atomic E-state index is 12.6. The second-order valence-electron chi connectivity index (χ2n) is 7.10. The SMILES string of the molecule is O=C(CN1CCN(S(=O)(=O)c2ccc(Cl)s2)CC1)NC(=O)NC1CCCCC1. The number of amides is 3. The Morgan fingerprint density at radius 2 is 1.79 bits per heavy atom. The second-order valence-corrected chi connectivity index (χ2v) is 11.0. The van der Waals surface area contributed by atoms with Gasteiger partial charge in [0, 0.05) is 32.2 Å². The van der Waals surface area contributed by atoms with E-state index in [9.17, 15) is 18.0 Å². The Balaban J connectivity index is 1.42. The number of carbonyl (C=O) groups excluding carboxylic acids is 2. The Hall–Kier alpha value is -1.20. The van der Waals surface area contributed by atoms with Crippen molar-refractivity contribution in [1.29, 1.82) is 0 Å². The molecule has 0 bridgehead atoms. The Kier molecular flexibility index (Phi) is 7.32. The van der Waals surface area contributed by atoms with Gasteiger partial charge in [-0.15, -0.1) is 11.3 Å². The van der Waals surface area contributed by atoms with E-state index in [4.69, 9.17) is 11.6 Å². The van der Waals surface area contributed by atoms with Crippen LogP contribution >= 0.6 is 22.9 Å². The molecule has 1 aliphatic carbocycles. The van der Waals surface area contributed by atoms with E-state index < -0.39 is 16.1 Å². The van der Waals surface area contributed by atoms with Gasteiger partial charge < -0.3 is 5.32 Å². The number of urea groups is 1. The third-order valence-corrected chi connectivity index (χ3v) is 8.63. The lowest BCUT2D eigenvalue weighted by atomic mass is 9.96. The molecule has 2 aliphatic rings. The lowest BCUT2D eigenvalue weighted by molar-refractivity contribution is -0.121. The molecule has 28 heavy (non-hydrogen) atoms. The zero-order valence-corrected chi connectivity index (χ0v) is 17.9. The van der Waals surface area contributed by atoms with Gasteiger partial charge in [-0.25, -0.2) is 13.2 Å². The number of rotatable bonds is 5. The van der Waals surface area contributed by atoms with E-state index in [1.54, 1.807) is 6.07 Å². The number of hydrogen-bond donors (Lipinski definition) is 2. The molecule has 1 saturated heterocycles. The molecular formula is C17H25ClN4O4S2. The number of piperazine rings is 1. The molecular weight excluding hydrogens is 424 g/mol. The van der Waals surface area contributed by atoms with Gasteiger partial charge in [0.25, 0.3) is 10.0 Å². The van der Waals surface area contributed by atoms with Crippen LogP contribution in [0.5, 0.6) is 0 Å². The molecule has 0 spiro atoms. The van der Waals surface area contributed by atoms with Crippen molar-refractivity contribution in [2.24, 2.45) is 0 Å². The van der Waals surface area contributed by atoms with Gasteiger partial charge in [-0.1, -0.05) is 30.9 Å². The minimum absolute atomic E-state index is 0.0663. The van der Waals surface area contributed by atoms with Crippen molar-refractivity contribution in [2.45, 2.75) is 42.4 Å². The van der Waals surface area contributed by atoms with Gasteiger partial charge in [0.05, 0.1) is 10.9 Å². The summed E-state index contributed by atoms with van der Waals surface area (Å²) in [6.07, 6.45) is 5.30. The molecule has 2 N–H and O–H groups in total. The van der Waals surface area contributed by atoms with E-state index in [1.807, 2.05) is 4.90 Å². The molecule has 0 atom stereocenters. The quantitative estimate of drug-likeness (QED) is 0.716. The number of carbonyl (C=O) groups is 2. The summed E-state index contributed by atoms with van der Waals surface area (Å²) in [7, 11) is -3.55. The summed E-state index contributed by atoms with van der Waals surface area (Å²) in [5.74, 6) is -0.380. The van der Waals surface area contributed by atoms with E-state index in [0.29, 0.717) is 30.5 Å². The van der Waals surface area contributed by atoms with Gasteiger partial charge in [-0.05, 0) is 25.0 Å². The summed E-state index contributed by atoms with van der Waals surface area (Å²) in [5, 5.41) is 5.22. The van der Waals surface area contributed by atoms with E-state index in [-0.39, 0.29) is 22.7 Å². The highest BCUT2D eigenvalue weighted by Crippen LogP contribution is 2.28. The average molecular weight is 449 g/mol. The highest BCUT2D eigenvalue weighted by Gasteiger charge is 2.30. The Morgan fingerprint density at radius 3 is 2.39 bits per heavy atom. The summed E-state index contributed by atoms with van der Waals surface area (Å²) in [5.41, 5.74) is 0. The van der Waals surface area contributed by atoms with E-state index in [0.717, 1.165) is 37.0 Å². The number of sulfonamides is 1. The number of nitrogens with one attached hydrogen (secondary N) is 2. The van der Waals surface area contributed by atoms with Crippen molar-refractivity contribution >= 4 is 44.9 Å². The zero-order valence-electron chi connectivity index (χ0n) is 15.5. The summed E-state index contributed by atoms with van der Waals surface area (Å²) in [4.78, 5) is 25.9. The Labute approximate surface area is 174 Å². The topological polar surface area (TPSA) is 98.8 Å². The van der Waals surface area contributed by atoms with Crippen LogP contribution in [0.4, 0.5) is 4.79 Å². The first-order valence-corrected chi connectivity index (χ1v) is 12.1. The van der Waals surface area contributed by atoms with Crippen molar-refractivity contribution in [2.75, 3.05) is 32.7 Å². The summed E-state index contributed by atoms with van der Waals surface area (Å²) < 4.78 is 27.2. The second kappa shape index (κ2) is 9.53. The standard InChI is InChI=1S/C17H25ClN4O4S2/c18-14-6-7-16(27-14)28(25,26)22-10-8-21(9-11-22)12-15(23)20-17(24)19-13-4-2-1-3-5-13/h6-7,13H,1-5,8-12H2,(H2,19,20,23,24). The predicted molar refractivity (Wildman–Crippen MR) is 108 cm³/mol. The molecule has 2 heterocycles. The van der Waals surface area contributed by atoms with Crippen LogP contribution in [-0.4, -0.2) is 68.3 Å². The van der Waals surface area contributed by atoms with Gasteiger partial charge in [-0.2, -0.15) is 4.31 Å². The fourth-order valence-corrected chi connectivity index (χ4v) is 6.59. The van der Waals surface area contributed by atoms with Crippen molar-refractivity contribution in [3.8, 4) is 0 Å². The van der Waals surface area contributed by atoms with Crippen LogP contribution in [0, 0.1) is 0 Å². The van der Waals surface area contributed by atoms with Crippen LogP contribution in [0.15, 0.2) is 16.3 Å². The van der Waals surface area contributed by atoms with Crippen LogP contribution in [0.2, 0.25) is 4.34 Å². The summed E-state index contributed by atoms with van der Waals surface area (Å²) >= 11 is 6.87. The van der Waals surface area contributed by atoms with Crippen molar-refractivity contribution in [1.82, 2.24) is 19.8 Å². The third kappa shape index (κ3) is 5.66.